The maximum absolute atomic E-state index is 12.3. The number of rotatable bonds is 10. The average molecular weight is 396 g/mol. The van der Waals surface area contributed by atoms with Gasteiger partial charge in [-0.3, -0.25) is 9.59 Å². The lowest BCUT2D eigenvalue weighted by Crippen LogP contribution is -2.26. The van der Waals surface area contributed by atoms with Crippen molar-refractivity contribution in [1.29, 1.82) is 0 Å². The van der Waals surface area contributed by atoms with Crippen LogP contribution in [0.5, 0.6) is 11.5 Å². The number of benzene rings is 2. The van der Waals surface area contributed by atoms with Gasteiger partial charge in [0, 0.05) is 44.2 Å². The number of Topliss-reactive ketones (excluding diaryl/α,β-unsaturated/α-hetero) is 1. The van der Waals surface area contributed by atoms with Gasteiger partial charge in [-0.15, -0.1) is 0 Å². The molecule has 0 saturated carbocycles. The van der Waals surface area contributed by atoms with Gasteiger partial charge in [0.2, 0.25) is 5.91 Å². The molecule has 0 spiro atoms. The van der Waals surface area contributed by atoms with E-state index in [1.54, 1.807) is 18.2 Å². The molecule has 1 aliphatic rings. The smallest absolute Gasteiger partial charge is 0.220 e. The highest BCUT2D eigenvalue weighted by atomic mass is 16.6. The summed E-state index contributed by atoms with van der Waals surface area (Å²) in [6.07, 6.45) is 2.26. The van der Waals surface area contributed by atoms with E-state index >= 15 is 0 Å². The summed E-state index contributed by atoms with van der Waals surface area (Å²) in [5.41, 5.74) is 1.74. The minimum absolute atomic E-state index is 0.0680. The van der Waals surface area contributed by atoms with Gasteiger partial charge >= 0.3 is 0 Å². The highest BCUT2D eigenvalue weighted by molar-refractivity contribution is 5.98. The van der Waals surface area contributed by atoms with Crippen molar-refractivity contribution in [3.63, 3.8) is 0 Å². The minimum Gasteiger partial charge on any atom is -0.486 e. The summed E-state index contributed by atoms with van der Waals surface area (Å²) in [5.74, 6) is 1.09. The molecule has 6 nitrogen and oxygen atoms in total. The van der Waals surface area contributed by atoms with E-state index in [1.165, 1.54) is 5.69 Å². The lowest BCUT2D eigenvalue weighted by molar-refractivity contribution is -0.121. The topological polar surface area (TPSA) is 67.9 Å². The predicted octanol–water partition coefficient (Wildman–Crippen LogP) is 3.45. The molecule has 1 N–H and O–H groups in total. The van der Waals surface area contributed by atoms with E-state index in [9.17, 15) is 9.59 Å². The molecule has 1 aliphatic heterocycles. The number of ketones is 1. The Morgan fingerprint density at radius 1 is 0.966 bits per heavy atom. The van der Waals surface area contributed by atoms with Crippen molar-refractivity contribution in [3.05, 3.63) is 54.1 Å². The van der Waals surface area contributed by atoms with Crippen LogP contribution in [0.25, 0.3) is 0 Å². The molecular formula is C23H28N2O4. The molecule has 3 rings (SSSR count). The van der Waals surface area contributed by atoms with Crippen molar-refractivity contribution in [3.8, 4) is 11.5 Å². The molecule has 2 aromatic carbocycles. The number of nitrogens with zero attached hydrogens (tertiary/aromatic N) is 1. The number of carbonyl (C=O) groups is 2. The standard InChI is InChI=1S/C23H28N2O4/c1-25(19-7-3-2-4-8-19)14-6-5-13-24-23(27)12-10-20(26)18-9-11-21-22(17-18)29-16-15-28-21/h2-4,7-9,11,17H,5-6,10,12-16H2,1H3,(H,24,27). The number of carbonyl (C=O) groups excluding carboxylic acids is 2. The Morgan fingerprint density at radius 3 is 2.52 bits per heavy atom. The molecule has 0 fully saturated rings. The van der Waals surface area contributed by atoms with E-state index in [-0.39, 0.29) is 24.5 Å². The first-order valence-corrected chi connectivity index (χ1v) is 10.1. The van der Waals surface area contributed by atoms with Gasteiger partial charge < -0.3 is 19.7 Å². The van der Waals surface area contributed by atoms with Crippen molar-refractivity contribution in [2.45, 2.75) is 25.7 Å². The zero-order valence-electron chi connectivity index (χ0n) is 16.9. The van der Waals surface area contributed by atoms with E-state index < -0.39 is 0 Å². The van der Waals surface area contributed by atoms with Crippen molar-refractivity contribution < 1.29 is 19.1 Å². The fraction of sp³-hybridized carbons (Fsp3) is 0.391. The second-order valence-electron chi connectivity index (χ2n) is 7.10. The number of anilines is 1. The number of fused-ring (bicyclic) bond motifs is 1. The summed E-state index contributed by atoms with van der Waals surface area (Å²) in [6, 6.07) is 15.4. The second kappa shape index (κ2) is 10.5. The van der Waals surface area contributed by atoms with Crippen LogP contribution in [0, 0.1) is 0 Å². The number of nitrogens with one attached hydrogen (secondary N) is 1. The third-order valence-corrected chi connectivity index (χ3v) is 4.88. The van der Waals surface area contributed by atoms with E-state index in [2.05, 4.69) is 29.4 Å². The highest BCUT2D eigenvalue weighted by Gasteiger charge is 2.15. The summed E-state index contributed by atoms with van der Waals surface area (Å²) in [5, 5.41) is 2.90. The van der Waals surface area contributed by atoms with Crippen molar-refractivity contribution in [1.82, 2.24) is 5.32 Å². The van der Waals surface area contributed by atoms with E-state index in [0.29, 0.717) is 36.8 Å². The Labute approximate surface area is 171 Å². The SMILES string of the molecule is CN(CCCCNC(=O)CCC(=O)c1ccc2c(c1)OCCO2)c1ccccc1. The molecule has 0 bridgehead atoms. The molecule has 0 atom stereocenters. The van der Waals surface area contributed by atoms with Crippen molar-refractivity contribution in [2.24, 2.45) is 0 Å². The number of unbranched alkanes of at least 4 members (excludes halogenated alkanes) is 1. The molecule has 0 radical (unpaired) electrons. The highest BCUT2D eigenvalue weighted by Crippen LogP contribution is 2.31. The van der Waals surface area contributed by atoms with Gasteiger partial charge in [0.1, 0.15) is 13.2 Å². The third-order valence-electron chi connectivity index (χ3n) is 4.88. The Bertz CT molecular complexity index is 823. The zero-order valence-corrected chi connectivity index (χ0v) is 16.9. The van der Waals surface area contributed by atoms with Gasteiger partial charge in [-0.1, -0.05) is 18.2 Å². The van der Waals surface area contributed by atoms with Gasteiger partial charge in [-0.2, -0.15) is 0 Å². The van der Waals surface area contributed by atoms with Crippen LogP contribution >= 0.6 is 0 Å². The van der Waals surface area contributed by atoms with Crippen LogP contribution in [0.3, 0.4) is 0 Å². The molecule has 0 aliphatic carbocycles. The number of para-hydroxylation sites is 1. The van der Waals surface area contributed by atoms with Gasteiger partial charge in [0.15, 0.2) is 17.3 Å². The molecule has 1 heterocycles. The summed E-state index contributed by atoms with van der Waals surface area (Å²) in [4.78, 5) is 26.6. The molecule has 1 amide bonds. The largest absolute Gasteiger partial charge is 0.486 e. The molecule has 6 heteroatoms. The Morgan fingerprint density at radius 2 is 1.72 bits per heavy atom. The Balaban J connectivity index is 1.31. The lowest BCUT2D eigenvalue weighted by Gasteiger charge is -2.19. The van der Waals surface area contributed by atoms with E-state index in [4.69, 9.17) is 9.47 Å². The third kappa shape index (κ3) is 6.24. The zero-order chi connectivity index (χ0) is 20.5. The van der Waals surface area contributed by atoms with Crippen molar-refractivity contribution in [2.75, 3.05) is 38.3 Å². The second-order valence-corrected chi connectivity index (χ2v) is 7.10. The van der Waals surface area contributed by atoms with Crippen LogP contribution in [-0.2, 0) is 4.79 Å². The molecule has 0 aromatic heterocycles. The first-order chi connectivity index (χ1) is 14.1. The van der Waals surface area contributed by atoms with Crippen LogP contribution in [0.4, 0.5) is 5.69 Å². The molecule has 0 unspecified atom stereocenters. The first-order valence-electron chi connectivity index (χ1n) is 10.1. The summed E-state index contributed by atoms with van der Waals surface area (Å²) in [7, 11) is 2.07. The summed E-state index contributed by atoms with van der Waals surface area (Å²) in [6.45, 7) is 2.55. The predicted molar refractivity (Wildman–Crippen MR) is 113 cm³/mol. The van der Waals surface area contributed by atoms with Gasteiger partial charge in [-0.05, 0) is 43.2 Å². The van der Waals surface area contributed by atoms with Gasteiger partial charge in [0.05, 0.1) is 0 Å². The van der Waals surface area contributed by atoms with Crippen LogP contribution < -0.4 is 19.7 Å². The fourth-order valence-electron chi connectivity index (χ4n) is 3.19. The van der Waals surface area contributed by atoms with Crippen LogP contribution in [0.1, 0.15) is 36.0 Å². The van der Waals surface area contributed by atoms with E-state index in [1.807, 2.05) is 18.2 Å². The summed E-state index contributed by atoms with van der Waals surface area (Å²) < 4.78 is 11.0. The number of hydrogen-bond acceptors (Lipinski definition) is 5. The first kappa shape index (κ1) is 20.7. The summed E-state index contributed by atoms with van der Waals surface area (Å²) >= 11 is 0. The van der Waals surface area contributed by atoms with Crippen LogP contribution in [-0.4, -0.2) is 45.0 Å². The Kier molecular flexibility index (Phi) is 7.50. The number of amides is 1. The fourth-order valence-corrected chi connectivity index (χ4v) is 3.19. The molecule has 154 valence electrons. The maximum atomic E-state index is 12.3. The quantitative estimate of drug-likeness (QED) is 0.492. The molecule has 2 aromatic rings. The minimum atomic E-state index is -0.0905. The molecule has 29 heavy (non-hydrogen) atoms. The number of ether oxygens (including phenoxy) is 2. The Hall–Kier alpha value is -3.02. The van der Waals surface area contributed by atoms with Gasteiger partial charge in [-0.25, -0.2) is 0 Å². The van der Waals surface area contributed by atoms with Crippen LogP contribution in [0.2, 0.25) is 0 Å². The normalized spacial score (nSPS) is 12.3. The average Bonchev–Trinajstić information content (AvgIpc) is 2.77. The molecule has 0 saturated heterocycles. The lowest BCUT2D eigenvalue weighted by atomic mass is 10.1. The molecular weight excluding hydrogens is 368 g/mol. The monoisotopic (exact) mass is 396 g/mol. The van der Waals surface area contributed by atoms with Crippen LogP contribution in [0.15, 0.2) is 48.5 Å². The number of hydrogen-bond donors (Lipinski definition) is 1. The van der Waals surface area contributed by atoms with Gasteiger partial charge in [0.25, 0.3) is 0 Å². The maximum Gasteiger partial charge on any atom is 0.220 e. The van der Waals surface area contributed by atoms with E-state index in [0.717, 1.165) is 19.4 Å². The van der Waals surface area contributed by atoms with Crippen molar-refractivity contribution >= 4 is 17.4 Å².